The SMILES string of the molecule is COc1cccc(/C=C(/C#N)c2ccc(Br)cc2)c1O[C@H](C)C(=O)[O-]. The number of halogens is 1. The molecule has 0 heterocycles. The summed E-state index contributed by atoms with van der Waals surface area (Å²) in [4.78, 5) is 11.0. The molecule has 128 valence electrons. The third-order valence-electron chi connectivity index (χ3n) is 3.43. The van der Waals surface area contributed by atoms with Crippen molar-refractivity contribution in [2.75, 3.05) is 7.11 Å². The van der Waals surface area contributed by atoms with Gasteiger partial charge in [-0.2, -0.15) is 5.26 Å². The fraction of sp³-hybridized carbons (Fsp3) is 0.158. The number of para-hydroxylation sites is 1. The Kier molecular flexibility index (Phi) is 6.20. The highest BCUT2D eigenvalue weighted by molar-refractivity contribution is 9.10. The van der Waals surface area contributed by atoms with Crippen LogP contribution in [-0.2, 0) is 4.79 Å². The van der Waals surface area contributed by atoms with Crippen molar-refractivity contribution in [1.82, 2.24) is 0 Å². The van der Waals surface area contributed by atoms with Crippen molar-refractivity contribution in [3.05, 3.63) is 58.1 Å². The van der Waals surface area contributed by atoms with Crippen molar-refractivity contribution in [3.8, 4) is 17.6 Å². The average molecular weight is 401 g/mol. The molecule has 2 aromatic carbocycles. The minimum absolute atomic E-state index is 0.242. The third kappa shape index (κ3) is 4.61. The quantitative estimate of drug-likeness (QED) is 0.549. The lowest BCUT2D eigenvalue weighted by Crippen LogP contribution is -2.37. The Morgan fingerprint density at radius 2 is 1.96 bits per heavy atom. The molecule has 0 aromatic heterocycles. The predicted octanol–water partition coefficient (Wildman–Crippen LogP) is 3.04. The zero-order valence-electron chi connectivity index (χ0n) is 13.7. The van der Waals surface area contributed by atoms with Crippen LogP contribution in [0, 0.1) is 11.3 Å². The number of aliphatic carboxylic acids is 1. The number of nitrogens with zero attached hydrogens (tertiary/aromatic N) is 1. The van der Waals surface area contributed by atoms with Gasteiger partial charge in [-0.15, -0.1) is 0 Å². The summed E-state index contributed by atoms with van der Waals surface area (Å²) in [6.07, 6.45) is 0.463. The smallest absolute Gasteiger partial charge is 0.169 e. The second kappa shape index (κ2) is 8.36. The first-order chi connectivity index (χ1) is 12.0. The van der Waals surface area contributed by atoms with E-state index in [-0.39, 0.29) is 5.75 Å². The van der Waals surface area contributed by atoms with Crippen molar-refractivity contribution < 1.29 is 19.4 Å². The molecule has 0 saturated carbocycles. The Balaban J connectivity index is 2.51. The van der Waals surface area contributed by atoms with Crippen molar-refractivity contribution in [2.45, 2.75) is 13.0 Å². The van der Waals surface area contributed by atoms with Crippen LogP contribution >= 0.6 is 15.9 Å². The van der Waals surface area contributed by atoms with Gasteiger partial charge in [0, 0.05) is 10.0 Å². The van der Waals surface area contributed by atoms with Crippen LogP contribution in [0.1, 0.15) is 18.1 Å². The molecule has 0 bridgehead atoms. The number of benzene rings is 2. The summed E-state index contributed by atoms with van der Waals surface area (Å²) in [5.41, 5.74) is 1.67. The number of rotatable bonds is 6. The standard InChI is InChI=1S/C19H16BrNO4/c1-12(19(22)23)25-18-14(4-3-5-17(18)24-2)10-15(11-21)13-6-8-16(20)9-7-13/h3-10,12H,1-2H3,(H,22,23)/p-1/b15-10-/t12-/m1/s1. The number of carbonyl (C=O) groups is 1. The molecule has 0 aliphatic heterocycles. The number of ether oxygens (including phenoxy) is 2. The highest BCUT2D eigenvalue weighted by Crippen LogP contribution is 2.34. The summed E-state index contributed by atoms with van der Waals surface area (Å²) in [5, 5.41) is 20.5. The fourth-order valence-electron chi connectivity index (χ4n) is 2.12. The van der Waals surface area contributed by atoms with E-state index in [1.165, 1.54) is 14.0 Å². The summed E-state index contributed by atoms with van der Waals surface area (Å²) < 4.78 is 11.6. The molecule has 1 atom stereocenters. The monoisotopic (exact) mass is 400 g/mol. The Labute approximate surface area is 154 Å². The highest BCUT2D eigenvalue weighted by Gasteiger charge is 2.14. The number of nitriles is 1. The summed E-state index contributed by atoms with van der Waals surface area (Å²) in [6, 6.07) is 14.5. The minimum Gasteiger partial charge on any atom is -0.546 e. The van der Waals surface area contributed by atoms with Crippen molar-refractivity contribution >= 4 is 33.5 Å². The molecule has 0 fully saturated rings. The average Bonchev–Trinajstić information content (AvgIpc) is 2.61. The van der Waals surface area contributed by atoms with Gasteiger partial charge < -0.3 is 19.4 Å². The molecule has 0 radical (unpaired) electrons. The number of carboxylic acids is 1. The Morgan fingerprint density at radius 1 is 1.28 bits per heavy atom. The molecule has 25 heavy (non-hydrogen) atoms. The van der Waals surface area contributed by atoms with Crippen molar-refractivity contribution in [3.63, 3.8) is 0 Å². The lowest BCUT2D eigenvalue weighted by Gasteiger charge is -2.19. The van der Waals surface area contributed by atoms with E-state index in [0.717, 1.165) is 10.0 Å². The zero-order chi connectivity index (χ0) is 18.4. The molecule has 6 heteroatoms. The summed E-state index contributed by atoms with van der Waals surface area (Å²) in [6.45, 7) is 1.37. The van der Waals surface area contributed by atoms with E-state index in [1.807, 2.05) is 24.3 Å². The van der Waals surface area contributed by atoms with Gasteiger partial charge in [0.15, 0.2) is 11.5 Å². The van der Waals surface area contributed by atoms with Crippen LogP contribution in [0.5, 0.6) is 11.5 Å². The van der Waals surface area contributed by atoms with Crippen LogP contribution < -0.4 is 14.6 Å². The number of hydrogen-bond acceptors (Lipinski definition) is 5. The van der Waals surface area contributed by atoms with E-state index in [9.17, 15) is 15.2 Å². The van der Waals surface area contributed by atoms with Gasteiger partial charge >= 0.3 is 0 Å². The Morgan fingerprint density at radius 3 is 2.52 bits per heavy atom. The highest BCUT2D eigenvalue weighted by atomic mass is 79.9. The minimum atomic E-state index is -1.34. The first-order valence-corrected chi connectivity index (χ1v) is 8.17. The second-order valence-corrected chi connectivity index (χ2v) is 6.05. The number of carbonyl (C=O) groups excluding carboxylic acids is 1. The van der Waals surface area contributed by atoms with Crippen molar-refractivity contribution in [1.29, 1.82) is 5.26 Å². The Hall–Kier alpha value is -2.78. The lowest BCUT2D eigenvalue weighted by molar-refractivity contribution is -0.312. The van der Waals surface area contributed by atoms with Crippen LogP contribution in [0.25, 0.3) is 11.6 Å². The van der Waals surface area contributed by atoms with Gasteiger partial charge in [-0.1, -0.05) is 40.2 Å². The number of carboxylic acid groups (broad SMARTS) is 1. The van der Waals surface area contributed by atoms with Gasteiger partial charge in [0.2, 0.25) is 0 Å². The maximum Gasteiger partial charge on any atom is 0.169 e. The first-order valence-electron chi connectivity index (χ1n) is 7.38. The largest absolute Gasteiger partial charge is 0.546 e. The molecular weight excluding hydrogens is 386 g/mol. The van der Waals surface area contributed by atoms with Crippen LogP contribution in [0.4, 0.5) is 0 Å². The second-order valence-electron chi connectivity index (χ2n) is 5.13. The van der Waals surface area contributed by atoms with Crippen LogP contribution in [-0.4, -0.2) is 19.2 Å². The van der Waals surface area contributed by atoms with E-state index in [1.54, 1.807) is 24.3 Å². The first kappa shape index (κ1) is 18.6. The Bertz CT molecular complexity index is 837. The van der Waals surface area contributed by atoms with Gasteiger partial charge in [-0.05, 0) is 36.8 Å². The van der Waals surface area contributed by atoms with E-state index in [2.05, 4.69) is 22.0 Å². The topological polar surface area (TPSA) is 82.4 Å². The molecule has 0 unspecified atom stereocenters. The van der Waals surface area contributed by atoms with E-state index in [4.69, 9.17) is 9.47 Å². The fourth-order valence-corrected chi connectivity index (χ4v) is 2.39. The van der Waals surface area contributed by atoms with E-state index in [0.29, 0.717) is 16.9 Å². The van der Waals surface area contributed by atoms with Crippen LogP contribution in [0.3, 0.4) is 0 Å². The van der Waals surface area contributed by atoms with Crippen LogP contribution in [0.2, 0.25) is 0 Å². The normalized spacial score (nSPS) is 12.2. The number of hydrogen-bond donors (Lipinski definition) is 0. The molecule has 0 amide bonds. The molecule has 0 saturated heterocycles. The molecule has 0 aliphatic carbocycles. The molecule has 5 nitrogen and oxygen atoms in total. The van der Waals surface area contributed by atoms with Crippen LogP contribution in [0.15, 0.2) is 46.9 Å². The molecular formula is C19H15BrNO4-. The van der Waals surface area contributed by atoms with Gasteiger partial charge in [-0.25, -0.2) is 0 Å². The van der Waals surface area contributed by atoms with Gasteiger partial charge in [-0.3, -0.25) is 0 Å². The van der Waals surface area contributed by atoms with Gasteiger partial charge in [0.1, 0.15) is 6.10 Å². The van der Waals surface area contributed by atoms with Gasteiger partial charge in [0.05, 0.1) is 24.7 Å². The molecule has 0 spiro atoms. The van der Waals surface area contributed by atoms with Gasteiger partial charge in [0.25, 0.3) is 0 Å². The predicted molar refractivity (Wildman–Crippen MR) is 95.7 cm³/mol. The lowest BCUT2D eigenvalue weighted by atomic mass is 10.0. The maximum absolute atomic E-state index is 11.0. The van der Waals surface area contributed by atoms with Crippen molar-refractivity contribution in [2.24, 2.45) is 0 Å². The van der Waals surface area contributed by atoms with E-state index >= 15 is 0 Å². The molecule has 2 rings (SSSR count). The molecule has 0 aliphatic rings. The van der Waals surface area contributed by atoms with E-state index < -0.39 is 12.1 Å². The molecule has 0 N–H and O–H groups in total. The molecule has 2 aromatic rings. The summed E-state index contributed by atoms with van der Waals surface area (Å²) in [5.74, 6) is -0.726. The third-order valence-corrected chi connectivity index (χ3v) is 3.96. The maximum atomic E-state index is 11.0. The summed E-state index contributed by atoms with van der Waals surface area (Å²) >= 11 is 3.35. The number of allylic oxidation sites excluding steroid dienone is 1. The number of methoxy groups -OCH3 is 1. The zero-order valence-corrected chi connectivity index (χ0v) is 15.2. The summed E-state index contributed by atoms with van der Waals surface area (Å²) in [7, 11) is 1.46.